The number of carbonyl (C=O) groups excluding carboxylic acids is 1. The Kier molecular flexibility index (Phi) is 10.2. The fourth-order valence-electron chi connectivity index (χ4n) is 4.76. The van der Waals surface area contributed by atoms with Crippen LogP contribution in [0.15, 0.2) is 60.8 Å². The molecule has 206 valence electrons. The number of hydrogen-bond acceptors (Lipinski definition) is 2. The van der Waals surface area contributed by atoms with E-state index in [4.69, 9.17) is 4.74 Å². The van der Waals surface area contributed by atoms with Crippen molar-refractivity contribution in [3.05, 3.63) is 88.7 Å². The molecule has 3 rings (SSSR count). The third-order valence-corrected chi connectivity index (χ3v) is 7.22. The second kappa shape index (κ2) is 13.2. The topological polar surface area (TPSA) is 54.1 Å². The van der Waals surface area contributed by atoms with Crippen molar-refractivity contribution in [1.82, 2.24) is 10.3 Å². The second-order valence-corrected chi connectivity index (χ2v) is 12.6. The Morgan fingerprint density at radius 2 is 1.29 bits per heavy atom. The van der Waals surface area contributed by atoms with Crippen LogP contribution in [0.25, 0.3) is 0 Å². The Hall–Kier alpha value is -3.01. The number of hydrogen-bond donors (Lipinski definition) is 2. The van der Waals surface area contributed by atoms with Gasteiger partial charge in [0.05, 0.1) is 0 Å². The fraction of sp³-hybridized carbons (Fsp3) is 0.500. The predicted octanol–water partition coefficient (Wildman–Crippen LogP) is 9.24. The molecule has 38 heavy (non-hydrogen) atoms. The maximum atomic E-state index is 12.4. The van der Waals surface area contributed by atoms with Crippen LogP contribution in [0.1, 0.15) is 121 Å². The molecule has 0 saturated heterocycles. The molecule has 2 aromatic carbocycles. The molecule has 1 amide bonds. The molecule has 0 atom stereocenters. The van der Waals surface area contributed by atoms with Gasteiger partial charge in [0.2, 0.25) is 0 Å². The van der Waals surface area contributed by atoms with Gasteiger partial charge < -0.3 is 15.0 Å². The van der Waals surface area contributed by atoms with Crippen LogP contribution in [-0.2, 0) is 10.8 Å². The van der Waals surface area contributed by atoms with Crippen LogP contribution in [0.4, 0.5) is 4.79 Å². The number of ether oxygens (including phenoxy) is 1. The molecule has 0 radical (unpaired) electrons. The van der Waals surface area contributed by atoms with Gasteiger partial charge in [-0.2, -0.15) is 0 Å². The van der Waals surface area contributed by atoms with E-state index in [0.29, 0.717) is 12.3 Å². The molecule has 0 saturated carbocycles. The second-order valence-electron chi connectivity index (χ2n) is 12.6. The first-order valence-electron chi connectivity index (χ1n) is 14.3. The summed E-state index contributed by atoms with van der Waals surface area (Å²) in [5.41, 5.74) is 6.19. The molecule has 0 bridgehead atoms. The highest BCUT2D eigenvalue weighted by Gasteiger charge is 2.22. The number of aromatic nitrogens is 1. The van der Waals surface area contributed by atoms with Crippen molar-refractivity contribution >= 4 is 6.09 Å². The van der Waals surface area contributed by atoms with Crippen molar-refractivity contribution < 1.29 is 9.53 Å². The fourth-order valence-corrected chi connectivity index (χ4v) is 4.76. The normalized spacial score (nSPS) is 12.1. The lowest BCUT2D eigenvalue weighted by Crippen LogP contribution is -2.27. The molecule has 0 unspecified atom stereocenters. The van der Waals surface area contributed by atoms with Gasteiger partial charge in [0.1, 0.15) is 0 Å². The molecule has 0 aliphatic rings. The monoisotopic (exact) mass is 516 g/mol. The van der Waals surface area contributed by atoms with Crippen molar-refractivity contribution in [2.24, 2.45) is 0 Å². The average molecular weight is 517 g/mol. The summed E-state index contributed by atoms with van der Waals surface area (Å²) in [6, 6.07) is 19.7. The van der Waals surface area contributed by atoms with Crippen LogP contribution in [0.2, 0.25) is 0 Å². The quantitative estimate of drug-likeness (QED) is 0.250. The van der Waals surface area contributed by atoms with E-state index in [-0.39, 0.29) is 16.7 Å². The summed E-state index contributed by atoms with van der Waals surface area (Å²) in [5, 5.41) is 2.89. The van der Waals surface area contributed by atoms with E-state index < -0.39 is 6.09 Å². The standard InChI is InChI=1S/C34H48N2O2/c1-8-9-10-11-12-13-22-35-32(37)38-29-23-30(36-24-29)31(25-14-18-27(19-15-25)33(2,3)4)26-16-20-28(21-17-26)34(5,6)7/h14-21,23-24,31,36H,8-13,22H2,1-7H3,(H,35,37). The highest BCUT2D eigenvalue weighted by atomic mass is 16.6. The number of rotatable bonds is 11. The van der Waals surface area contributed by atoms with Crippen molar-refractivity contribution in [2.45, 2.75) is 104 Å². The zero-order valence-corrected chi connectivity index (χ0v) is 24.6. The molecule has 0 aliphatic carbocycles. The predicted molar refractivity (Wildman–Crippen MR) is 159 cm³/mol. The summed E-state index contributed by atoms with van der Waals surface area (Å²) in [4.78, 5) is 15.8. The number of aromatic amines is 1. The van der Waals surface area contributed by atoms with Gasteiger partial charge in [0, 0.05) is 30.4 Å². The molecule has 3 aromatic rings. The molecule has 0 fully saturated rings. The smallest absolute Gasteiger partial charge is 0.409 e. The maximum Gasteiger partial charge on any atom is 0.412 e. The van der Waals surface area contributed by atoms with E-state index in [1.165, 1.54) is 47.9 Å². The minimum atomic E-state index is -0.398. The number of unbranched alkanes of at least 4 members (excludes halogenated alkanes) is 5. The summed E-state index contributed by atoms with van der Waals surface area (Å²) >= 11 is 0. The number of amides is 1. The molecular weight excluding hydrogens is 468 g/mol. The van der Waals surface area contributed by atoms with Gasteiger partial charge in [-0.05, 0) is 39.5 Å². The Morgan fingerprint density at radius 1 is 0.789 bits per heavy atom. The van der Waals surface area contributed by atoms with Crippen LogP contribution in [0.5, 0.6) is 5.75 Å². The summed E-state index contributed by atoms with van der Waals surface area (Å²) in [6.07, 6.45) is 8.52. The van der Waals surface area contributed by atoms with Crippen LogP contribution < -0.4 is 10.1 Å². The van der Waals surface area contributed by atoms with Gasteiger partial charge in [-0.15, -0.1) is 0 Å². The van der Waals surface area contributed by atoms with Crippen LogP contribution >= 0.6 is 0 Å². The molecule has 1 heterocycles. The highest BCUT2D eigenvalue weighted by molar-refractivity contribution is 5.70. The number of carbonyl (C=O) groups is 1. The summed E-state index contributed by atoms with van der Waals surface area (Å²) < 4.78 is 5.61. The van der Waals surface area contributed by atoms with Gasteiger partial charge in [0.25, 0.3) is 0 Å². The zero-order valence-electron chi connectivity index (χ0n) is 24.6. The van der Waals surface area contributed by atoms with Crippen LogP contribution in [0, 0.1) is 0 Å². The third kappa shape index (κ3) is 8.51. The molecule has 0 aliphatic heterocycles. The van der Waals surface area contributed by atoms with Crippen molar-refractivity contribution in [2.75, 3.05) is 6.54 Å². The first-order valence-corrected chi connectivity index (χ1v) is 14.3. The largest absolute Gasteiger partial charge is 0.412 e. The maximum absolute atomic E-state index is 12.4. The number of H-pyrrole nitrogens is 1. The highest BCUT2D eigenvalue weighted by Crippen LogP contribution is 2.35. The van der Waals surface area contributed by atoms with Crippen LogP contribution in [-0.4, -0.2) is 17.6 Å². The van der Waals surface area contributed by atoms with Gasteiger partial charge in [0.15, 0.2) is 5.75 Å². The molecule has 4 nitrogen and oxygen atoms in total. The molecular formula is C34H48N2O2. The molecule has 1 aromatic heterocycles. The molecule has 0 spiro atoms. The Balaban J connectivity index is 1.75. The van der Waals surface area contributed by atoms with E-state index in [0.717, 1.165) is 18.5 Å². The van der Waals surface area contributed by atoms with Gasteiger partial charge in [-0.1, -0.05) is 129 Å². The molecule has 2 N–H and O–H groups in total. The van der Waals surface area contributed by atoms with E-state index >= 15 is 0 Å². The van der Waals surface area contributed by atoms with Crippen molar-refractivity contribution in [3.8, 4) is 5.75 Å². The number of nitrogens with one attached hydrogen (secondary N) is 2. The third-order valence-electron chi connectivity index (χ3n) is 7.22. The summed E-state index contributed by atoms with van der Waals surface area (Å²) in [7, 11) is 0. The lowest BCUT2D eigenvalue weighted by Gasteiger charge is -2.23. The van der Waals surface area contributed by atoms with Gasteiger partial charge >= 0.3 is 6.09 Å². The lowest BCUT2D eigenvalue weighted by molar-refractivity contribution is 0.200. The van der Waals surface area contributed by atoms with E-state index in [9.17, 15) is 4.79 Å². The van der Waals surface area contributed by atoms with Crippen molar-refractivity contribution in [1.29, 1.82) is 0 Å². The lowest BCUT2D eigenvalue weighted by atomic mass is 9.82. The first-order chi connectivity index (χ1) is 18.0. The van der Waals surface area contributed by atoms with Crippen LogP contribution in [0.3, 0.4) is 0 Å². The minimum Gasteiger partial charge on any atom is -0.409 e. The Labute approximate surface area is 230 Å². The summed E-state index contributed by atoms with van der Waals surface area (Å²) in [6.45, 7) is 16.3. The first kappa shape index (κ1) is 29.5. The van der Waals surface area contributed by atoms with E-state index in [2.05, 4.69) is 107 Å². The van der Waals surface area contributed by atoms with E-state index in [1.54, 1.807) is 6.20 Å². The average Bonchev–Trinajstić information content (AvgIpc) is 3.31. The number of benzene rings is 2. The summed E-state index contributed by atoms with van der Waals surface area (Å²) in [5.74, 6) is 0.532. The Bertz CT molecular complexity index is 1070. The minimum absolute atomic E-state index is 0.00145. The SMILES string of the molecule is CCCCCCCCNC(=O)Oc1c[nH]c(C(c2ccc(C(C)(C)C)cc2)c2ccc(C(C)(C)C)cc2)c1. The van der Waals surface area contributed by atoms with E-state index in [1.807, 2.05) is 6.07 Å². The van der Waals surface area contributed by atoms with Crippen molar-refractivity contribution in [3.63, 3.8) is 0 Å². The Morgan fingerprint density at radius 3 is 1.79 bits per heavy atom. The molecule has 4 heteroatoms. The van der Waals surface area contributed by atoms with Gasteiger partial charge in [-0.3, -0.25) is 0 Å². The van der Waals surface area contributed by atoms with Gasteiger partial charge in [-0.25, -0.2) is 4.79 Å². The zero-order chi connectivity index (χ0) is 27.8.